The van der Waals surface area contributed by atoms with Gasteiger partial charge in [0.05, 0.1) is 12.7 Å². The number of thiocarbonyl (C=S) groups is 1. The van der Waals surface area contributed by atoms with Crippen LogP contribution in [0.15, 0.2) is 24.3 Å². The lowest BCUT2D eigenvalue weighted by molar-refractivity contribution is -0.0316. The van der Waals surface area contributed by atoms with Crippen molar-refractivity contribution < 1.29 is 4.74 Å². The third-order valence-corrected chi connectivity index (χ3v) is 4.28. The van der Waals surface area contributed by atoms with Crippen molar-refractivity contribution in [3.8, 4) is 0 Å². The van der Waals surface area contributed by atoms with Crippen LogP contribution in [0, 0.1) is 11.3 Å². The lowest BCUT2D eigenvalue weighted by Gasteiger charge is -2.38. The second kappa shape index (κ2) is 6.23. The standard InChI is InChI=1S/C17H25NOS/c1-12-7-15(10-17(2,3)9-12)19-11-13-5-4-6-14(8-13)16(18)20/h4-6,8,12,15H,7,9-11H2,1-3H3,(H2,18,20). The van der Waals surface area contributed by atoms with E-state index in [0.29, 0.717) is 23.1 Å². The highest BCUT2D eigenvalue weighted by molar-refractivity contribution is 7.80. The molecule has 0 bridgehead atoms. The van der Waals surface area contributed by atoms with Crippen LogP contribution in [0.4, 0.5) is 0 Å². The first kappa shape index (κ1) is 15.5. The Labute approximate surface area is 127 Å². The molecular formula is C17H25NOS. The Morgan fingerprint density at radius 1 is 1.40 bits per heavy atom. The Hall–Kier alpha value is -0.930. The molecule has 1 aliphatic rings. The van der Waals surface area contributed by atoms with Gasteiger partial charge in [0.15, 0.2) is 0 Å². The number of ether oxygens (including phenoxy) is 1. The largest absolute Gasteiger partial charge is 0.389 e. The molecule has 1 fully saturated rings. The van der Waals surface area contributed by atoms with Crippen LogP contribution >= 0.6 is 12.2 Å². The highest BCUT2D eigenvalue weighted by Crippen LogP contribution is 2.39. The van der Waals surface area contributed by atoms with Crippen LogP contribution < -0.4 is 5.73 Å². The molecule has 0 spiro atoms. The predicted molar refractivity (Wildman–Crippen MR) is 87.7 cm³/mol. The lowest BCUT2D eigenvalue weighted by Crippen LogP contribution is -2.32. The first-order chi connectivity index (χ1) is 9.35. The molecule has 2 atom stereocenters. The molecule has 1 saturated carbocycles. The molecule has 3 heteroatoms. The van der Waals surface area contributed by atoms with E-state index < -0.39 is 0 Å². The van der Waals surface area contributed by atoms with Gasteiger partial charge in [-0.2, -0.15) is 0 Å². The predicted octanol–water partition coefficient (Wildman–Crippen LogP) is 4.05. The summed E-state index contributed by atoms with van der Waals surface area (Å²) in [5.41, 5.74) is 8.12. The smallest absolute Gasteiger partial charge is 0.103 e. The van der Waals surface area contributed by atoms with Gasteiger partial charge in [0.25, 0.3) is 0 Å². The maximum absolute atomic E-state index is 6.13. The first-order valence-corrected chi connectivity index (χ1v) is 7.77. The van der Waals surface area contributed by atoms with Crippen molar-refractivity contribution in [2.75, 3.05) is 0 Å². The van der Waals surface area contributed by atoms with Crippen LogP contribution in [-0.4, -0.2) is 11.1 Å². The number of hydrogen-bond acceptors (Lipinski definition) is 2. The summed E-state index contributed by atoms with van der Waals surface area (Å²) in [5.74, 6) is 0.742. The van der Waals surface area contributed by atoms with Gasteiger partial charge in [-0.05, 0) is 42.2 Å². The van der Waals surface area contributed by atoms with Crippen LogP contribution in [0.5, 0.6) is 0 Å². The molecule has 0 saturated heterocycles. The summed E-state index contributed by atoms with van der Waals surface area (Å²) in [6.45, 7) is 7.65. The molecule has 1 aromatic carbocycles. The second-order valence-corrected chi connectivity index (χ2v) is 7.35. The van der Waals surface area contributed by atoms with Crippen LogP contribution in [-0.2, 0) is 11.3 Å². The maximum Gasteiger partial charge on any atom is 0.103 e. The quantitative estimate of drug-likeness (QED) is 0.850. The van der Waals surface area contributed by atoms with Crippen molar-refractivity contribution in [2.24, 2.45) is 17.1 Å². The number of hydrogen-bond donors (Lipinski definition) is 1. The molecule has 1 aliphatic carbocycles. The zero-order chi connectivity index (χ0) is 14.8. The number of benzene rings is 1. The zero-order valence-electron chi connectivity index (χ0n) is 12.7. The fourth-order valence-corrected chi connectivity index (χ4v) is 3.54. The Morgan fingerprint density at radius 3 is 2.80 bits per heavy atom. The van der Waals surface area contributed by atoms with E-state index in [2.05, 4.69) is 26.8 Å². The minimum Gasteiger partial charge on any atom is -0.389 e. The van der Waals surface area contributed by atoms with Gasteiger partial charge in [0.1, 0.15) is 4.99 Å². The maximum atomic E-state index is 6.13. The van der Waals surface area contributed by atoms with E-state index in [1.54, 1.807) is 0 Å². The third-order valence-electron chi connectivity index (χ3n) is 4.04. The Kier molecular flexibility index (Phi) is 4.82. The van der Waals surface area contributed by atoms with Crippen molar-refractivity contribution in [2.45, 2.75) is 52.7 Å². The van der Waals surface area contributed by atoms with Crippen LogP contribution in [0.2, 0.25) is 0 Å². The van der Waals surface area contributed by atoms with E-state index in [0.717, 1.165) is 23.5 Å². The summed E-state index contributed by atoms with van der Waals surface area (Å²) in [4.78, 5) is 0.444. The molecule has 1 aromatic rings. The molecule has 2 unspecified atom stereocenters. The highest BCUT2D eigenvalue weighted by Gasteiger charge is 2.32. The SMILES string of the molecule is CC1CC(OCc2cccc(C(N)=S)c2)CC(C)(C)C1. The van der Waals surface area contributed by atoms with Crippen molar-refractivity contribution in [1.29, 1.82) is 0 Å². The zero-order valence-corrected chi connectivity index (χ0v) is 13.5. The lowest BCUT2D eigenvalue weighted by atomic mass is 9.71. The monoisotopic (exact) mass is 291 g/mol. The molecule has 0 heterocycles. The van der Waals surface area contributed by atoms with Crippen molar-refractivity contribution >= 4 is 17.2 Å². The fraction of sp³-hybridized carbons (Fsp3) is 0.588. The summed E-state index contributed by atoms with van der Waals surface area (Å²) in [5, 5.41) is 0. The number of nitrogens with two attached hydrogens (primary N) is 1. The Balaban J connectivity index is 1.95. The number of rotatable bonds is 4. The van der Waals surface area contributed by atoms with E-state index in [9.17, 15) is 0 Å². The van der Waals surface area contributed by atoms with E-state index >= 15 is 0 Å². The second-order valence-electron chi connectivity index (χ2n) is 6.91. The Morgan fingerprint density at radius 2 is 2.15 bits per heavy atom. The van der Waals surface area contributed by atoms with Crippen molar-refractivity contribution in [1.82, 2.24) is 0 Å². The highest BCUT2D eigenvalue weighted by atomic mass is 32.1. The summed E-state index contributed by atoms with van der Waals surface area (Å²) < 4.78 is 6.13. The van der Waals surface area contributed by atoms with E-state index in [4.69, 9.17) is 22.7 Å². The van der Waals surface area contributed by atoms with Gasteiger partial charge in [-0.1, -0.05) is 51.2 Å². The normalized spacial score (nSPS) is 25.4. The summed E-state index contributed by atoms with van der Waals surface area (Å²) >= 11 is 5.01. The van der Waals surface area contributed by atoms with Crippen LogP contribution in [0.1, 0.15) is 51.2 Å². The van der Waals surface area contributed by atoms with Crippen molar-refractivity contribution in [3.05, 3.63) is 35.4 Å². The van der Waals surface area contributed by atoms with Gasteiger partial charge in [-0.25, -0.2) is 0 Å². The summed E-state index contributed by atoms with van der Waals surface area (Å²) in [6.07, 6.45) is 3.97. The molecule has 0 radical (unpaired) electrons. The van der Waals surface area contributed by atoms with E-state index in [-0.39, 0.29) is 0 Å². The van der Waals surface area contributed by atoms with Crippen LogP contribution in [0.25, 0.3) is 0 Å². The molecular weight excluding hydrogens is 266 g/mol. The minimum atomic E-state index is 0.363. The van der Waals surface area contributed by atoms with Crippen LogP contribution in [0.3, 0.4) is 0 Å². The topological polar surface area (TPSA) is 35.2 Å². The van der Waals surface area contributed by atoms with Crippen molar-refractivity contribution in [3.63, 3.8) is 0 Å². The molecule has 0 aliphatic heterocycles. The average Bonchev–Trinajstić information content (AvgIpc) is 2.34. The minimum absolute atomic E-state index is 0.363. The first-order valence-electron chi connectivity index (χ1n) is 7.36. The Bertz CT molecular complexity index is 484. The fourth-order valence-electron chi connectivity index (χ4n) is 3.41. The van der Waals surface area contributed by atoms with Gasteiger partial charge in [0.2, 0.25) is 0 Å². The molecule has 20 heavy (non-hydrogen) atoms. The molecule has 2 N–H and O–H groups in total. The van der Waals surface area contributed by atoms with E-state index in [1.165, 1.54) is 12.8 Å². The third kappa shape index (κ3) is 4.29. The molecule has 2 rings (SSSR count). The molecule has 110 valence electrons. The summed E-state index contributed by atoms with van der Waals surface area (Å²) in [6, 6.07) is 8.02. The van der Waals surface area contributed by atoms with E-state index in [1.807, 2.05) is 18.2 Å². The van der Waals surface area contributed by atoms with Gasteiger partial charge < -0.3 is 10.5 Å². The van der Waals surface area contributed by atoms with Gasteiger partial charge >= 0.3 is 0 Å². The van der Waals surface area contributed by atoms with Gasteiger partial charge in [-0.15, -0.1) is 0 Å². The average molecular weight is 291 g/mol. The van der Waals surface area contributed by atoms with Gasteiger partial charge in [-0.3, -0.25) is 0 Å². The summed E-state index contributed by atoms with van der Waals surface area (Å²) in [7, 11) is 0. The molecule has 2 nitrogen and oxygen atoms in total. The molecule has 0 amide bonds. The van der Waals surface area contributed by atoms with Gasteiger partial charge in [0, 0.05) is 5.56 Å². The molecule has 0 aromatic heterocycles.